The van der Waals surface area contributed by atoms with Crippen LogP contribution in [0.1, 0.15) is 15.9 Å². The minimum atomic E-state index is -0.309. The number of carbonyl (C=O) groups is 1. The molecule has 3 aromatic rings. The van der Waals surface area contributed by atoms with Gasteiger partial charge in [-0.15, -0.1) is 0 Å². The molecule has 7 heteroatoms. The maximum Gasteiger partial charge on any atom is 0.257 e. The van der Waals surface area contributed by atoms with E-state index in [-0.39, 0.29) is 11.0 Å². The highest BCUT2D eigenvalue weighted by Crippen LogP contribution is 2.25. The van der Waals surface area contributed by atoms with Gasteiger partial charge < -0.3 is 14.8 Å². The molecule has 0 atom stereocenters. The summed E-state index contributed by atoms with van der Waals surface area (Å²) in [6.45, 7) is 0.600. The third kappa shape index (κ3) is 6.30. The lowest BCUT2D eigenvalue weighted by atomic mass is 10.2. The summed E-state index contributed by atoms with van der Waals surface area (Å²) in [6.07, 6.45) is 0.846. The topological polar surface area (TPSA) is 59.6 Å². The molecule has 5 nitrogen and oxygen atoms in total. The van der Waals surface area contributed by atoms with Crippen molar-refractivity contribution in [1.29, 1.82) is 0 Å². The van der Waals surface area contributed by atoms with E-state index in [2.05, 4.69) is 38.7 Å². The van der Waals surface area contributed by atoms with Crippen molar-refractivity contribution in [2.75, 3.05) is 19.0 Å². The van der Waals surface area contributed by atoms with Gasteiger partial charge in [0, 0.05) is 17.7 Å². The average Bonchev–Trinajstić information content (AvgIpc) is 2.75. The van der Waals surface area contributed by atoms with Crippen molar-refractivity contribution in [3.8, 4) is 11.5 Å². The molecule has 0 aliphatic heterocycles. The molecule has 0 saturated heterocycles. The zero-order valence-electron chi connectivity index (χ0n) is 16.4. The second-order valence-electron chi connectivity index (χ2n) is 6.37. The van der Waals surface area contributed by atoms with Gasteiger partial charge in [0.1, 0.15) is 11.5 Å². The molecule has 0 saturated carbocycles. The van der Waals surface area contributed by atoms with Crippen molar-refractivity contribution in [3.05, 3.63) is 88.4 Å². The number of benzene rings is 3. The summed E-state index contributed by atoms with van der Waals surface area (Å²) < 4.78 is 11.6. The normalized spacial score (nSPS) is 10.2. The van der Waals surface area contributed by atoms with Crippen LogP contribution in [0.4, 0.5) is 5.69 Å². The molecule has 0 spiro atoms. The first-order valence-electron chi connectivity index (χ1n) is 9.28. The fraction of sp³-hybridized carbons (Fsp3) is 0.130. The largest absolute Gasteiger partial charge is 0.496 e. The lowest BCUT2D eigenvalue weighted by molar-refractivity contribution is 0.0977. The van der Waals surface area contributed by atoms with Gasteiger partial charge in [-0.2, -0.15) is 0 Å². The van der Waals surface area contributed by atoms with E-state index in [0.29, 0.717) is 22.4 Å². The van der Waals surface area contributed by atoms with Crippen LogP contribution in [0, 0.1) is 0 Å². The number of hydrogen-bond acceptors (Lipinski definition) is 4. The van der Waals surface area contributed by atoms with Crippen LogP contribution in [-0.4, -0.2) is 24.7 Å². The van der Waals surface area contributed by atoms with Crippen LogP contribution in [0.3, 0.4) is 0 Å². The number of rotatable bonds is 7. The molecule has 0 heterocycles. The van der Waals surface area contributed by atoms with Gasteiger partial charge in [0.05, 0.1) is 18.2 Å². The van der Waals surface area contributed by atoms with Gasteiger partial charge in [-0.25, -0.2) is 0 Å². The highest BCUT2D eigenvalue weighted by molar-refractivity contribution is 9.10. The molecule has 0 radical (unpaired) electrons. The summed E-state index contributed by atoms with van der Waals surface area (Å²) in [7, 11) is 1.57. The maximum atomic E-state index is 12.4. The molecule has 0 aromatic heterocycles. The van der Waals surface area contributed by atoms with Crippen LogP contribution in [0.2, 0.25) is 0 Å². The fourth-order valence-corrected chi connectivity index (χ4v) is 3.46. The quantitative estimate of drug-likeness (QED) is 0.451. The molecule has 0 unspecified atom stereocenters. The number of amides is 1. The van der Waals surface area contributed by atoms with E-state index in [1.165, 1.54) is 5.56 Å². The highest BCUT2D eigenvalue weighted by atomic mass is 79.9. The van der Waals surface area contributed by atoms with Crippen molar-refractivity contribution in [3.63, 3.8) is 0 Å². The van der Waals surface area contributed by atoms with E-state index >= 15 is 0 Å². The third-order valence-corrected chi connectivity index (χ3v) is 5.08. The lowest BCUT2D eigenvalue weighted by Crippen LogP contribution is -2.34. The van der Waals surface area contributed by atoms with E-state index in [9.17, 15) is 4.79 Å². The fourth-order valence-electron chi connectivity index (χ4n) is 2.71. The molecule has 3 aromatic carbocycles. The molecule has 0 bridgehead atoms. The molecule has 3 rings (SSSR count). The molecular formula is C23H21BrN2O3S. The molecule has 0 aliphatic carbocycles. The number of methoxy groups -OCH3 is 1. The van der Waals surface area contributed by atoms with Crippen LogP contribution in [0.25, 0.3) is 0 Å². The molecule has 0 aliphatic rings. The Hall–Kier alpha value is -2.90. The Kier molecular flexibility index (Phi) is 7.82. The van der Waals surface area contributed by atoms with Gasteiger partial charge in [-0.05, 0) is 76.2 Å². The highest BCUT2D eigenvalue weighted by Gasteiger charge is 2.10. The minimum absolute atomic E-state index is 0.213. The number of ether oxygens (including phenoxy) is 2. The van der Waals surface area contributed by atoms with Crippen LogP contribution >= 0.6 is 28.1 Å². The van der Waals surface area contributed by atoms with Crippen molar-refractivity contribution < 1.29 is 14.3 Å². The number of nitrogens with one attached hydrogen (secondary N) is 2. The average molecular weight is 485 g/mol. The first-order valence-corrected chi connectivity index (χ1v) is 10.5. The van der Waals surface area contributed by atoms with Crippen LogP contribution in [-0.2, 0) is 6.42 Å². The molecule has 2 N–H and O–H groups in total. The SMILES string of the molecule is COc1ccc(C(=O)NC(=S)Nc2ccc(OCCc3ccccc3)cc2)cc1Br. The van der Waals surface area contributed by atoms with Gasteiger partial charge in [0.2, 0.25) is 0 Å². The van der Waals surface area contributed by atoms with Crippen LogP contribution < -0.4 is 20.1 Å². The van der Waals surface area contributed by atoms with Crippen LogP contribution in [0.15, 0.2) is 77.3 Å². The Bertz CT molecular complexity index is 1010. The van der Waals surface area contributed by atoms with Gasteiger partial charge >= 0.3 is 0 Å². The number of thiocarbonyl (C=S) groups is 1. The summed E-state index contributed by atoms with van der Waals surface area (Å²) >= 11 is 8.61. The molecule has 154 valence electrons. The monoisotopic (exact) mass is 484 g/mol. The van der Waals surface area contributed by atoms with E-state index < -0.39 is 0 Å². The molecule has 0 fully saturated rings. The van der Waals surface area contributed by atoms with Crippen molar-refractivity contribution >= 4 is 44.9 Å². The van der Waals surface area contributed by atoms with E-state index in [1.54, 1.807) is 25.3 Å². The number of anilines is 1. The molecule has 30 heavy (non-hydrogen) atoms. The van der Waals surface area contributed by atoms with Crippen molar-refractivity contribution in [2.24, 2.45) is 0 Å². The minimum Gasteiger partial charge on any atom is -0.496 e. The summed E-state index contributed by atoms with van der Waals surface area (Å²) in [5.74, 6) is 1.12. The zero-order chi connectivity index (χ0) is 21.3. The third-order valence-electron chi connectivity index (χ3n) is 4.26. The number of carbonyl (C=O) groups excluding carboxylic acids is 1. The smallest absolute Gasteiger partial charge is 0.257 e. The summed E-state index contributed by atoms with van der Waals surface area (Å²) in [5, 5.41) is 5.87. The lowest BCUT2D eigenvalue weighted by Gasteiger charge is -2.11. The molecule has 1 amide bonds. The predicted octanol–water partition coefficient (Wildman–Crippen LogP) is 5.21. The maximum absolute atomic E-state index is 12.4. The van der Waals surface area contributed by atoms with E-state index in [4.69, 9.17) is 21.7 Å². The Labute approximate surface area is 189 Å². The number of hydrogen-bond donors (Lipinski definition) is 2. The van der Waals surface area contributed by atoms with Crippen molar-refractivity contribution in [2.45, 2.75) is 6.42 Å². The van der Waals surface area contributed by atoms with Gasteiger partial charge in [0.25, 0.3) is 5.91 Å². The Morgan fingerprint density at radius 3 is 2.43 bits per heavy atom. The van der Waals surface area contributed by atoms with Crippen molar-refractivity contribution in [1.82, 2.24) is 5.32 Å². The summed E-state index contributed by atoms with van der Waals surface area (Å²) in [6, 6.07) is 22.7. The predicted molar refractivity (Wildman–Crippen MR) is 126 cm³/mol. The zero-order valence-corrected chi connectivity index (χ0v) is 18.8. The summed E-state index contributed by atoms with van der Waals surface area (Å²) in [5.41, 5.74) is 2.46. The second-order valence-corrected chi connectivity index (χ2v) is 7.63. The van der Waals surface area contributed by atoms with Gasteiger partial charge in [0.15, 0.2) is 5.11 Å². The second kappa shape index (κ2) is 10.8. The van der Waals surface area contributed by atoms with E-state index in [1.807, 2.05) is 42.5 Å². The Balaban J connectivity index is 1.48. The van der Waals surface area contributed by atoms with Gasteiger partial charge in [-0.3, -0.25) is 10.1 Å². The Morgan fingerprint density at radius 2 is 1.77 bits per heavy atom. The molecular weight excluding hydrogens is 464 g/mol. The standard InChI is InChI=1S/C23H21BrN2O3S/c1-28-21-12-7-17(15-20(21)24)22(27)26-23(30)25-18-8-10-19(11-9-18)29-14-13-16-5-3-2-4-6-16/h2-12,15H,13-14H2,1H3,(H2,25,26,27,30). The first kappa shape index (κ1) is 21.8. The number of halogens is 1. The van der Waals surface area contributed by atoms with E-state index in [0.717, 1.165) is 17.9 Å². The first-order chi connectivity index (χ1) is 14.5. The summed E-state index contributed by atoms with van der Waals surface area (Å²) in [4.78, 5) is 12.4. The Morgan fingerprint density at radius 1 is 1.03 bits per heavy atom. The van der Waals surface area contributed by atoms with Gasteiger partial charge in [-0.1, -0.05) is 30.3 Å². The van der Waals surface area contributed by atoms with Crippen LogP contribution in [0.5, 0.6) is 11.5 Å².